The summed E-state index contributed by atoms with van der Waals surface area (Å²) in [6, 6.07) is 0.577. The number of rotatable bonds is 5. The van der Waals surface area contributed by atoms with Crippen LogP contribution in [0, 0.1) is 13.8 Å². The van der Waals surface area contributed by atoms with Gasteiger partial charge >= 0.3 is 18.3 Å². The van der Waals surface area contributed by atoms with Gasteiger partial charge in [0.1, 0.15) is 5.00 Å². The molecule has 2 rings (SSSR count). The number of ether oxygens (including phenoxy) is 1. The number of hydrogen-bond donors (Lipinski definition) is 2. The van der Waals surface area contributed by atoms with Crippen molar-refractivity contribution in [3.8, 4) is 0 Å². The molecule has 2 N–H and O–H groups in total. The maximum Gasteiger partial charge on any atom is 0.416 e. The maximum absolute atomic E-state index is 12.9. The molecule has 0 aliphatic heterocycles. The lowest BCUT2D eigenvalue weighted by Gasteiger charge is -2.15. The predicted octanol–water partition coefficient (Wildman–Crippen LogP) is 5.16. The molecule has 13 heteroatoms. The zero-order valence-corrected chi connectivity index (χ0v) is 17.6. The summed E-state index contributed by atoms with van der Waals surface area (Å²) in [5.41, 5.74) is -3.51. The van der Waals surface area contributed by atoms with Crippen molar-refractivity contribution in [1.29, 1.82) is 0 Å². The third kappa shape index (κ3) is 6.22. The zero-order chi connectivity index (χ0) is 24.4. The summed E-state index contributed by atoms with van der Waals surface area (Å²) in [4.78, 5) is 36.4. The molecule has 0 unspecified atom stereocenters. The molecule has 0 spiro atoms. The number of hydrogen-bond acceptors (Lipinski definition) is 5. The number of aryl methyl sites for hydroxylation is 1. The topological polar surface area (TPSA) is 84.5 Å². The van der Waals surface area contributed by atoms with Gasteiger partial charge in [-0.15, -0.1) is 11.3 Å². The Hall–Kier alpha value is -3.09. The molecule has 0 fully saturated rings. The van der Waals surface area contributed by atoms with Crippen molar-refractivity contribution in [3.05, 3.63) is 45.3 Å². The van der Waals surface area contributed by atoms with Crippen molar-refractivity contribution in [1.82, 2.24) is 0 Å². The van der Waals surface area contributed by atoms with E-state index in [1.54, 1.807) is 13.8 Å². The van der Waals surface area contributed by atoms with Crippen LogP contribution in [0.3, 0.4) is 0 Å². The second-order valence-electron chi connectivity index (χ2n) is 6.59. The lowest BCUT2D eigenvalue weighted by atomic mass is 10.1. The quantitative estimate of drug-likeness (QED) is 0.456. The number of alkyl halides is 6. The van der Waals surface area contributed by atoms with Crippen molar-refractivity contribution < 1.29 is 45.5 Å². The van der Waals surface area contributed by atoms with E-state index >= 15 is 0 Å². The monoisotopic (exact) mass is 482 g/mol. The number of thiophene rings is 1. The molecular formula is C19H16F6N2O4S. The molecule has 1 aromatic heterocycles. The highest BCUT2D eigenvalue weighted by Gasteiger charge is 2.37. The number of anilines is 2. The van der Waals surface area contributed by atoms with Crippen LogP contribution in [0.25, 0.3) is 0 Å². The first-order valence-corrected chi connectivity index (χ1v) is 9.55. The number of carbonyl (C=O) groups is 3. The van der Waals surface area contributed by atoms with Gasteiger partial charge in [0.25, 0.3) is 5.91 Å². The summed E-state index contributed by atoms with van der Waals surface area (Å²) in [5.74, 6) is -2.61. The molecule has 0 atom stereocenters. The Kier molecular flexibility index (Phi) is 7.23. The summed E-state index contributed by atoms with van der Waals surface area (Å²) in [5, 5.41) is 4.49. The first-order valence-electron chi connectivity index (χ1n) is 8.73. The van der Waals surface area contributed by atoms with E-state index in [2.05, 4.69) is 5.32 Å². The molecule has 0 bridgehead atoms. The highest BCUT2D eigenvalue weighted by atomic mass is 32.1. The number of carbonyl (C=O) groups excluding carboxylic acids is 3. The SMILES string of the molecule is CC(=O)Nc1sc(C)c(C)c1C(=O)OCC(=O)Nc1cc(C(F)(F)F)cc(C(F)(F)F)c1. The normalized spacial score (nSPS) is 11.8. The van der Waals surface area contributed by atoms with Crippen LogP contribution in [0.15, 0.2) is 18.2 Å². The minimum Gasteiger partial charge on any atom is -0.452 e. The number of amides is 2. The van der Waals surface area contributed by atoms with Crippen LogP contribution in [0.1, 0.15) is 38.8 Å². The average molecular weight is 482 g/mol. The lowest BCUT2D eigenvalue weighted by Crippen LogP contribution is -2.22. The second-order valence-corrected chi connectivity index (χ2v) is 7.81. The van der Waals surface area contributed by atoms with E-state index < -0.39 is 53.6 Å². The van der Waals surface area contributed by atoms with Gasteiger partial charge in [-0.2, -0.15) is 26.3 Å². The largest absolute Gasteiger partial charge is 0.452 e. The second kappa shape index (κ2) is 9.18. The smallest absolute Gasteiger partial charge is 0.416 e. The van der Waals surface area contributed by atoms with Crippen LogP contribution in [0.5, 0.6) is 0 Å². The Morgan fingerprint density at radius 1 is 0.938 bits per heavy atom. The van der Waals surface area contributed by atoms with Gasteiger partial charge in [0.15, 0.2) is 6.61 Å². The molecule has 174 valence electrons. The molecule has 1 aromatic carbocycles. The predicted molar refractivity (Wildman–Crippen MR) is 103 cm³/mol. The van der Waals surface area contributed by atoms with Crippen LogP contribution < -0.4 is 10.6 Å². The van der Waals surface area contributed by atoms with Crippen molar-refractivity contribution in [2.45, 2.75) is 33.1 Å². The van der Waals surface area contributed by atoms with Gasteiger partial charge in [-0.25, -0.2) is 4.79 Å². The molecule has 2 aromatic rings. The molecule has 0 radical (unpaired) electrons. The van der Waals surface area contributed by atoms with Gasteiger partial charge in [-0.1, -0.05) is 0 Å². The van der Waals surface area contributed by atoms with E-state index in [9.17, 15) is 40.7 Å². The van der Waals surface area contributed by atoms with E-state index in [0.717, 1.165) is 11.3 Å². The first-order chi connectivity index (χ1) is 14.6. The van der Waals surface area contributed by atoms with E-state index in [1.165, 1.54) is 6.92 Å². The van der Waals surface area contributed by atoms with Crippen molar-refractivity contribution in [2.24, 2.45) is 0 Å². The Labute approximate surface area is 181 Å². The highest BCUT2D eigenvalue weighted by Crippen LogP contribution is 2.37. The standard InChI is InChI=1S/C19H16F6N2O4S/c1-8-9(2)32-16(26-10(3)28)15(8)17(30)31-7-14(29)27-13-5-11(18(20,21)22)4-12(6-13)19(23,24)25/h4-6H,7H2,1-3H3,(H,26,28)(H,27,29). The van der Waals surface area contributed by atoms with Gasteiger partial charge in [-0.05, 0) is 37.6 Å². The van der Waals surface area contributed by atoms with Crippen LogP contribution in [0.4, 0.5) is 37.0 Å². The Bertz CT molecular complexity index is 1030. The molecule has 0 saturated heterocycles. The molecule has 2 amide bonds. The third-order valence-corrected chi connectivity index (χ3v) is 5.21. The summed E-state index contributed by atoms with van der Waals surface area (Å²) in [6.45, 7) is 3.50. The average Bonchev–Trinajstić information content (AvgIpc) is 2.91. The summed E-state index contributed by atoms with van der Waals surface area (Å²) < 4.78 is 82.3. The van der Waals surface area contributed by atoms with Crippen LogP contribution in [0.2, 0.25) is 0 Å². The van der Waals surface area contributed by atoms with E-state index in [-0.39, 0.29) is 16.6 Å². The Morgan fingerprint density at radius 3 is 1.94 bits per heavy atom. The number of esters is 1. The van der Waals surface area contributed by atoms with Gasteiger partial charge < -0.3 is 15.4 Å². The first kappa shape index (κ1) is 25.2. The van der Waals surface area contributed by atoms with E-state index in [1.807, 2.05) is 5.32 Å². The molecule has 0 aliphatic carbocycles. The van der Waals surface area contributed by atoms with Crippen molar-refractivity contribution >= 4 is 39.8 Å². The Balaban J connectivity index is 2.17. The fourth-order valence-electron chi connectivity index (χ4n) is 2.55. The maximum atomic E-state index is 12.9. The van der Waals surface area contributed by atoms with E-state index in [0.29, 0.717) is 22.6 Å². The van der Waals surface area contributed by atoms with E-state index in [4.69, 9.17) is 4.74 Å². The molecule has 6 nitrogen and oxygen atoms in total. The highest BCUT2D eigenvalue weighted by molar-refractivity contribution is 7.16. The molecule has 0 saturated carbocycles. The van der Waals surface area contributed by atoms with Crippen molar-refractivity contribution in [3.63, 3.8) is 0 Å². The summed E-state index contributed by atoms with van der Waals surface area (Å²) >= 11 is 1.10. The minimum absolute atomic E-state index is 0.00562. The van der Waals surface area contributed by atoms with Crippen molar-refractivity contribution in [2.75, 3.05) is 17.2 Å². The fraction of sp³-hybridized carbons (Fsp3) is 0.316. The van der Waals surface area contributed by atoms with Gasteiger partial charge in [0, 0.05) is 17.5 Å². The van der Waals surface area contributed by atoms with Gasteiger partial charge in [0.2, 0.25) is 5.91 Å². The summed E-state index contributed by atoms with van der Waals surface area (Å²) in [6.07, 6.45) is -10.2. The molecule has 0 aliphatic rings. The van der Waals surface area contributed by atoms with Crippen LogP contribution in [-0.2, 0) is 26.7 Å². The number of nitrogens with one attached hydrogen (secondary N) is 2. The van der Waals surface area contributed by atoms with Gasteiger partial charge in [-0.3, -0.25) is 9.59 Å². The Morgan fingerprint density at radius 2 is 1.47 bits per heavy atom. The zero-order valence-electron chi connectivity index (χ0n) is 16.7. The molecular weight excluding hydrogens is 466 g/mol. The minimum atomic E-state index is -5.08. The fourth-order valence-corrected chi connectivity index (χ4v) is 3.64. The van der Waals surface area contributed by atoms with Crippen LogP contribution >= 0.6 is 11.3 Å². The summed E-state index contributed by atoms with van der Waals surface area (Å²) in [7, 11) is 0. The number of benzene rings is 1. The lowest BCUT2D eigenvalue weighted by molar-refractivity contribution is -0.143. The number of halogens is 6. The molecule has 1 heterocycles. The third-order valence-electron chi connectivity index (χ3n) is 4.08. The molecule has 32 heavy (non-hydrogen) atoms. The van der Waals surface area contributed by atoms with Gasteiger partial charge in [0.05, 0.1) is 16.7 Å². The van der Waals surface area contributed by atoms with Crippen LogP contribution in [-0.4, -0.2) is 24.4 Å².